The Kier molecular flexibility index (Phi) is 5.60. The lowest BCUT2D eigenvalue weighted by Gasteiger charge is -2.33. The van der Waals surface area contributed by atoms with E-state index in [1.165, 1.54) is 6.07 Å². The molecule has 2 heterocycles. The van der Waals surface area contributed by atoms with Crippen LogP contribution in [-0.4, -0.2) is 34.7 Å². The second-order valence-electron chi connectivity index (χ2n) is 6.95. The lowest BCUT2D eigenvalue weighted by atomic mass is 10.0. The van der Waals surface area contributed by atoms with Crippen molar-refractivity contribution in [1.82, 2.24) is 15.0 Å². The van der Waals surface area contributed by atoms with Crippen molar-refractivity contribution >= 4 is 11.7 Å². The second kappa shape index (κ2) is 8.48. The first-order valence-electron chi connectivity index (χ1n) is 9.56. The van der Waals surface area contributed by atoms with Crippen molar-refractivity contribution in [3.63, 3.8) is 0 Å². The van der Waals surface area contributed by atoms with Crippen LogP contribution in [0.2, 0.25) is 0 Å². The van der Waals surface area contributed by atoms with Gasteiger partial charge in [-0.25, -0.2) is 13.6 Å². The van der Waals surface area contributed by atoms with Crippen LogP contribution in [0.5, 0.6) is 5.75 Å². The molecule has 0 bridgehead atoms. The van der Waals surface area contributed by atoms with Crippen molar-refractivity contribution in [2.24, 2.45) is 0 Å². The summed E-state index contributed by atoms with van der Waals surface area (Å²) in [5.41, 5.74) is 0.906. The van der Waals surface area contributed by atoms with Crippen molar-refractivity contribution in [1.29, 1.82) is 0 Å². The number of rotatable bonds is 4. The fourth-order valence-corrected chi connectivity index (χ4v) is 3.45. The Balaban J connectivity index is 1.54. The van der Waals surface area contributed by atoms with Gasteiger partial charge in [0.05, 0.1) is 7.11 Å². The number of likely N-dealkylation sites (tertiary alicyclic amines) is 1. The van der Waals surface area contributed by atoms with E-state index in [4.69, 9.17) is 9.26 Å². The van der Waals surface area contributed by atoms with Gasteiger partial charge < -0.3 is 19.5 Å². The van der Waals surface area contributed by atoms with Crippen molar-refractivity contribution in [2.75, 3.05) is 19.0 Å². The molecular formula is C21H20F2N4O3. The normalized spacial score (nSPS) is 16.4. The number of carbonyl (C=O) groups excluding carboxylic acids is 1. The Bertz CT molecular complexity index is 1060. The van der Waals surface area contributed by atoms with E-state index in [-0.39, 0.29) is 5.69 Å². The van der Waals surface area contributed by atoms with Gasteiger partial charge in [0, 0.05) is 23.9 Å². The molecule has 0 saturated carbocycles. The first kappa shape index (κ1) is 19.8. The van der Waals surface area contributed by atoms with E-state index in [0.29, 0.717) is 30.4 Å². The zero-order valence-corrected chi connectivity index (χ0v) is 16.3. The number of benzene rings is 2. The second-order valence-corrected chi connectivity index (χ2v) is 6.95. The SMILES string of the molecule is COc1cccc(-c2noc([C@@H]3CCCCN3C(=O)Nc3ccc(F)c(F)c3)n2)c1. The maximum absolute atomic E-state index is 13.4. The largest absolute Gasteiger partial charge is 0.497 e. The number of urea groups is 1. The van der Waals surface area contributed by atoms with Crippen LogP contribution in [0.1, 0.15) is 31.2 Å². The molecular weight excluding hydrogens is 394 g/mol. The van der Waals surface area contributed by atoms with Crippen molar-refractivity contribution in [3.05, 3.63) is 60.0 Å². The third kappa shape index (κ3) is 4.10. The molecule has 1 N–H and O–H groups in total. The number of ether oxygens (including phenoxy) is 1. The lowest BCUT2D eigenvalue weighted by Crippen LogP contribution is -2.41. The van der Waals surface area contributed by atoms with E-state index in [2.05, 4.69) is 15.5 Å². The van der Waals surface area contributed by atoms with E-state index >= 15 is 0 Å². The summed E-state index contributed by atoms with van der Waals surface area (Å²) in [6.07, 6.45) is 2.38. The molecule has 1 aliphatic heterocycles. The van der Waals surface area contributed by atoms with Crippen LogP contribution in [0, 0.1) is 11.6 Å². The molecule has 3 aromatic rings. The number of methoxy groups -OCH3 is 1. The molecule has 1 atom stereocenters. The van der Waals surface area contributed by atoms with Crippen LogP contribution in [0.25, 0.3) is 11.4 Å². The molecule has 1 saturated heterocycles. The smallest absolute Gasteiger partial charge is 0.322 e. The zero-order valence-electron chi connectivity index (χ0n) is 16.3. The van der Waals surface area contributed by atoms with Crippen LogP contribution >= 0.6 is 0 Å². The number of carbonyl (C=O) groups is 1. The number of hydrogen-bond donors (Lipinski definition) is 1. The van der Waals surface area contributed by atoms with E-state index in [1.54, 1.807) is 18.1 Å². The topological polar surface area (TPSA) is 80.5 Å². The number of piperidine rings is 1. The highest BCUT2D eigenvalue weighted by Gasteiger charge is 2.32. The van der Waals surface area contributed by atoms with Gasteiger partial charge in [-0.2, -0.15) is 4.98 Å². The number of aromatic nitrogens is 2. The van der Waals surface area contributed by atoms with Crippen LogP contribution in [0.3, 0.4) is 0 Å². The molecule has 0 spiro atoms. The van der Waals surface area contributed by atoms with E-state index in [9.17, 15) is 13.6 Å². The number of nitrogens with one attached hydrogen (secondary N) is 1. The Labute approximate surface area is 171 Å². The first-order chi connectivity index (χ1) is 14.5. The molecule has 7 nitrogen and oxygen atoms in total. The molecule has 4 rings (SSSR count). The monoisotopic (exact) mass is 414 g/mol. The quantitative estimate of drug-likeness (QED) is 0.664. The molecule has 0 aliphatic carbocycles. The summed E-state index contributed by atoms with van der Waals surface area (Å²) < 4.78 is 37.3. The molecule has 2 amide bonds. The summed E-state index contributed by atoms with van der Waals surface area (Å²) in [5.74, 6) is -0.602. The molecule has 0 radical (unpaired) electrons. The predicted molar refractivity (Wildman–Crippen MR) is 105 cm³/mol. The van der Waals surface area contributed by atoms with Gasteiger partial charge in [0.15, 0.2) is 11.6 Å². The summed E-state index contributed by atoms with van der Waals surface area (Å²) in [6, 6.07) is 9.65. The minimum absolute atomic E-state index is 0.172. The van der Waals surface area contributed by atoms with E-state index in [0.717, 1.165) is 30.5 Å². The van der Waals surface area contributed by atoms with Crippen molar-refractivity contribution in [3.8, 4) is 17.1 Å². The molecule has 9 heteroatoms. The molecule has 1 aliphatic rings. The Morgan fingerprint density at radius 1 is 1.20 bits per heavy atom. The van der Waals surface area contributed by atoms with E-state index in [1.807, 2.05) is 18.2 Å². The number of hydrogen-bond acceptors (Lipinski definition) is 5. The van der Waals surface area contributed by atoms with Crippen LogP contribution in [0.15, 0.2) is 47.0 Å². The predicted octanol–water partition coefficient (Wildman–Crippen LogP) is 4.78. The third-order valence-corrected chi connectivity index (χ3v) is 4.99. The van der Waals surface area contributed by atoms with Crippen LogP contribution in [-0.2, 0) is 0 Å². The summed E-state index contributed by atoms with van der Waals surface area (Å²) in [6.45, 7) is 0.483. The minimum atomic E-state index is -1.03. The van der Waals surface area contributed by atoms with Gasteiger partial charge >= 0.3 is 6.03 Å². The highest BCUT2D eigenvalue weighted by Crippen LogP contribution is 2.32. The summed E-state index contributed by atoms with van der Waals surface area (Å²) in [7, 11) is 1.58. The fourth-order valence-electron chi connectivity index (χ4n) is 3.45. The van der Waals surface area contributed by atoms with Crippen LogP contribution in [0.4, 0.5) is 19.3 Å². The number of anilines is 1. The van der Waals surface area contributed by atoms with Gasteiger partial charge in [-0.1, -0.05) is 17.3 Å². The molecule has 30 heavy (non-hydrogen) atoms. The highest BCUT2D eigenvalue weighted by atomic mass is 19.2. The van der Waals surface area contributed by atoms with Gasteiger partial charge in [-0.05, 0) is 43.5 Å². The van der Waals surface area contributed by atoms with Crippen molar-refractivity contribution < 1.29 is 22.8 Å². The Hall–Kier alpha value is -3.49. The lowest BCUT2D eigenvalue weighted by molar-refractivity contribution is 0.142. The zero-order chi connectivity index (χ0) is 21.1. The number of amides is 2. The maximum Gasteiger partial charge on any atom is 0.322 e. The van der Waals surface area contributed by atoms with Crippen molar-refractivity contribution in [2.45, 2.75) is 25.3 Å². The standard InChI is InChI=1S/C21H20F2N4O3/c1-29-15-6-4-5-13(11-15)19-25-20(30-26-19)18-7-2-3-10-27(18)21(28)24-14-8-9-16(22)17(23)12-14/h4-6,8-9,11-12,18H,2-3,7,10H2,1H3,(H,24,28)/t18-/m0/s1. The third-order valence-electron chi connectivity index (χ3n) is 4.99. The molecule has 2 aromatic carbocycles. The molecule has 156 valence electrons. The van der Waals surface area contributed by atoms with Gasteiger partial charge in [-0.15, -0.1) is 0 Å². The molecule has 0 unspecified atom stereocenters. The Morgan fingerprint density at radius 3 is 2.87 bits per heavy atom. The summed E-state index contributed by atoms with van der Waals surface area (Å²) in [4.78, 5) is 18.9. The highest BCUT2D eigenvalue weighted by molar-refractivity contribution is 5.89. The molecule has 1 aromatic heterocycles. The van der Waals surface area contributed by atoms with Gasteiger partial charge in [-0.3, -0.25) is 0 Å². The molecule has 1 fully saturated rings. The average molecular weight is 414 g/mol. The Morgan fingerprint density at radius 2 is 2.07 bits per heavy atom. The fraction of sp³-hybridized carbons (Fsp3) is 0.286. The number of nitrogens with zero attached hydrogens (tertiary/aromatic N) is 3. The summed E-state index contributed by atoms with van der Waals surface area (Å²) in [5, 5.41) is 6.65. The van der Waals surface area contributed by atoms with E-state index < -0.39 is 23.7 Å². The van der Waals surface area contributed by atoms with Gasteiger partial charge in [0.1, 0.15) is 11.8 Å². The summed E-state index contributed by atoms with van der Waals surface area (Å²) >= 11 is 0. The minimum Gasteiger partial charge on any atom is -0.497 e. The maximum atomic E-state index is 13.4. The van der Waals surface area contributed by atoms with Crippen LogP contribution < -0.4 is 10.1 Å². The first-order valence-corrected chi connectivity index (χ1v) is 9.56. The average Bonchev–Trinajstić information content (AvgIpc) is 3.26. The number of halogens is 2. The van der Waals surface area contributed by atoms with Gasteiger partial charge in [0.2, 0.25) is 11.7 Å². The van der Waals surface area contributed by atoms with Gasteiger partial charge in [0.25, 0.3) is 0 Å².